The number of amides is 2. The van der Waals surface area contributed by atoms with Gasteiger partial charge in [-0.1, -0.05) is 61.0 Å². The lowest BCUT2D eigenvalue weighted by atomic mass is 10.1. The van der Waals surface area contributed by atoms with E-state index < -0.39 is 34.3 Å². The summed E-state index contributed by atoms with van der Waals surface area (Å²) in [6.45, 7) is 8.57. The fourth-order valence-electron chi connectivity index (χ4n) is 4.28. The van der Waals surface area contributed by atoms with Gasteiger partial charge in [0.05, 0.1) is 10.6 Å². The van der Waals surface area contributed by atoms with Gasteiger partial charge in [0.15, 0.2) is 0 Å². The maximum Gasteiger partial charge on any atom is 0.264 e. The van der Waals surface area contributed by atoms with E-state index in [4.69, 9.17) is 0 Å². The number of aryl methyl sites for hydroxylation is 2. The van der Waals surface area contributed by atoms with Gasteiger partial charge in [0.25, 0.3) is 10.0 Å². The first-order valence-electron chi connectivity index (χ1n) is 12.9. The second kappa shape index (κ2) is 12.9. The molecule has 208 valence electrons. The van der Waals surface area contributed by atoms with Crippen LogP contribution in [0.4, 0.5) is 10.1 Å². The Kier molecular flexibility index (Phi) is 9.86. The Morgan fingerprint density at radius 3 is 2.13 bits per heavy atom. The van der Waals surface area contributed by atoms with E-state index in [0.717, 1.165) is 27.1 Å². The Hall–Kier alpha value is -3.72. The molecule has 1 atom stereocenters. The largest absolute Gasteiger partial charge is 0.352 e. The molecular weight excluding hydrogens is 517 g/mol. The molecule has 9 heteroatoms. The zero-order chi connectivity index (χ0) is 28.7. The Bertz CT molecular complexity index is 1410. The van der Waals surface area contributed by atoms with Gasteiger partial charge in [0, 0.05) is 12.6 Å². The quantitative estimate of drug-likeness (QED) is 0.363. The van der Waals surface area contributed by atoms with Crippen molar-refractivity contribution >= 4 is 27.5 Å². The molecule has 7 nitrogen and oxygen atoms in total. The first kappa shape index (κ1) is 29.8. The van der Waals surface area contributed by atoms with Crippen LogP contribution < -0.4 is 9.62 Å². The summed E-state index contributed by atoms with van der Waals surface area (Å²) in [6.07, 6.45) is 0.306. The molecule has 0 aliphatic heterocycles. The van der Waals surface area contributed by atoms with Crippen LogP contribution in [0.2, 0.25) is 0 Å². The predicted molar refractivity (Wildman–Crippen MR) is 151 cm³/mol. The molecule has 0 spiro atoms. The van der Waals surface area contributed by atoms with Crippen molar-refractivity contribution in [3.05, 3.63) is 95.3 Å². The minimum Gasteiger partial charge on any atom is -0.352 e. The summed E-state index contributed by atoms with van der Waals surface area (Å²) in [5.41, 5.74) is 2.35. The molecule has 39 heavy (non-hydrogen) atoms. The molecule has 3 rings (SSSR count). The highest BCUT2D eigenvalue weighted by Gasteiger charge is 2.34. The zero-order valence-electron chi connectivity index (χ0n) is 23.0. The van der Waals surface area contributed by atoms with E-state index >= 15 is 4.39 Å². The number of hydrogen-bond donors (Lipinski definition) is 1. The second-order valence-corrected chi connectivity index (χ2v) is 11.7. The van der Waals surface area contributed by atoms with Crippen molar-refractivity contribution < 1.29 is 22.4 Å². The maximum absolute atomic E-state index is 15.0. The van der Waals surface area contributed by atoms with E-state index in [1.807, 2.05) is 52.0 Å². The molecule has 0 aromatic heterocycles. The summed E-state index contributed by atoms with van der Waals surface area (Å²) in [5, 5.41) is 2.86. The van der Waals surface area contributed by atoms with Gasteiger partial charge in [-0.05, 0) is 69.5 Å². The number of rotatable bonds is 11. The molecule has 3 aromatic rings. The molecule has 0 unspecified atom stereocenters. The zero-order valence-corrected chi connectivity index (χ0v) is 23.8. The Morgan fingerprint density at radius 1 is 0.923 bits per heavy atom. The molecule has 3 aromatic carbocycles. The average molecular weight is 554 g/mol. The third kappa shape index (κ3) is 7.23. The van der Waals surface area contributed by atoms with E-state index in [1.165, 1.54) is 35.2 Å². The third-order valence-corrected chi connectivity index (χ3v) is 8.20. The molecular formula is C30H36FN3O4S. The van der Waals surface area contributed by atoms with E-state index in [1.54, 1.807) is 19.1 Å². The number of benzene rings is 3. The van der Waals surface area contributed by atoms with E-state index in [-0.39, 0.29) is 29.1 Å². The van der Waals surface area contributed by atoms with Gasteiger partial charge in [0.1, 0.15) is 18.4 Å². The summed E-state index contributed by atoms with van der Waals surface area (Å²) in [7, 11) is -4.33. The summed E-state index contributed by atoms with van der Waals surface area (Å²) in [6, 6.07) is 18.0. The number of nitrogens with one attached hydrogen (secondary N) is 1. The van der Waals surface area contributed by atoms with Crippen molar-refractivity contribution in [3.8, 4) is 0 Å². The van der Waals surface area contributed by atoms with Crippen LogP contribution in [0, 0.1) is 19.7 Å². The van der Waals surface area contributed by atoms with E-state index in [0.29, 0.717) is 6.42 Å². The number of sulfonamides is 1. The summed E-state index contributed by atoms with van der Waals surface area (Å²) in [4.78, 5) is 28.5. The standard InChI is InChI=1S/C30H36FN3O4S/c1-6-27(30(36)32-21(2)3)33(19-24-12-8-7-11-23(24)5)29(35)20-34(28-14-10-9-13-26(28)31)39(37,38)25-17-15-22(4)16-18-25/h7-18,21,27H,6,19-20H2,1-5H3,(H,32,36)/t27-/m1/s1. The maximum atomic E-state index is 15.0. The minimum atomic E-state index is -4.33. The highest BCUT2D eigenvalue weighted by Crippen LogP contribution is 2.27. The van der Waals surface area contributed by atoms with Crippen molar-refractivity contribution in [1.82, 2.24) is 10.2 Å². The number of carbonyl (C=O) groups excluding carboxylic acids is 2. The second-order valence-electron chi connectivity index (χ2n) is 9.81. The van der Waals surface area contributed by atoms with Crippen LogP contribution in [0.25, 0.3) is 0 Å². The van der Waals surface area contributed by atoms with Crippen LogP contribution in [0.15, 0.2) is 77.7 Å². The van der Waals surface area contributed by atoms with Gasteiger partial charge in [-0.2, -0.15) is 0 Å². The smallest absolute Gasteiger partial charge is 0.264 e. The normalized spacial score (nSPS) is 12.2. The molecule has 0 saturated heterocycles. The van der Waals surface area contributed by atoms with Gasteiger partial charge in [-0.25, -0.2) is 12.8 Å². The van der Waals surface area contributed by atoms with Crippen molar-refractivity contribution in [2.75, 3.05) is 10.8 Å². The van der Waals surface area contributed by atoms with E-state index in [2.05, 4.69) is 5.32 Å². The molecule has 0 aliphatic rings. The molecule has 0 bridgehead atoms. The summed E-state index contributed by atoms with van der Waals surface area (Å²) < 4.78 is 43.4. The first-order chi connectivity index (χ1) is 18.4. The van der Waals surface area contributed by atoms with Gasteiger partial charge in [-0.15, -0.1) is 0 Å². The molecule has 0 heterocycles. The topological polar surface area (TPSA) is 86.8 Å². The molecule has 0 radical (unpaired) electrons. The summed E-state index contributed by atoms with van der Waals surface area (Å²) >= 11 is 0. The van der Waals surface area contributed by atoms with Crippen molar-refractivity contribution in [2.24, 2.45) is 0 Å². The first-order valence-corrected chi connectivity index (χ1v) is 14.4. The fraction of sp³-hybridized carbons (Fsp3) is 0.333. The van der Waals surface area contributed by atoms with Gasteiger partial charge in [-0.3, -0.25) is 13.9 Å². The molecule has 2 amide bonds. The highest BCUT2D eigenvalue weighted by atomic mass is 32.2. The third-order valence-electron chi connectivity index (χ3n) is 6.43. The van der Waals surface area contributed by atoms with Gasteiger partial charge >= 0.3 is 0 Å². The van der Waals surface area contributed by atoms with Crippen LogP contribution in [0.5, 0.6) is 0 Å². The van der Waals surface area contributed by atoms with Crippen LogP contribution in [0.1, 0.15) is 43.9 Å². The molecule has 1 N–H and O–H groups in total. The number of carbonyl (C=O) groups is 2. The predicted octanol–water partition coefficient (Wildman–Crippen LogP) is 4.97. The number of nitrogens with zero attached hydrogens (tertiary/aromatic N) is 2. The van der Waals surface area contributed by atoms with Crippen molar-refractivity contribution in [3.63, 3.8) is 0 Å². The highest BCUT2D eigenvalue weighted by molar-refractivity contribution is 7.92. The Morgan fingerprint density at radius 2 is 1.54 bits per heavy atom. The average Bonchev–Trinajstić information content (AvgIpc) is 2.88. The lowest BCUT2D eigenvalue weighted by Gasteiger charge is -2.34. The van der Waals surface area contributed by atoms with E-state index in [9.17, 15) is 18.0 Å². The fourth-order valence-corrected chi connectivity index (χ4v) is 5.70. The number of anilines is 1. The van der Waals surface area contributed by atoms with Crippen LogP contribution in [-0.4, -0.2) is 43.8 Å². The van der Waals surface area contributed by atoms with Crippen LogP contribution in [0.3, 0.4) is 0 Å². The Balaban J connectivity index is 2.09. The van der Waals surface area contributed by atoms with Crippen molar-refractivity contribution in [2.45, 2.75) is 64.6 Å². The molecule has 0 saturated carbocycles. The number of hydrogen-bond acceptors (Lipinski definition) is 4. The summed E-state index contributed by atoms with van der Waals surface area (Å²) in [5.74, 6) is -1.74. The van der Waals surface area contributed by atoms with Crippen molar-refractivity contribution in [1.29, 1.82) is 0 Å². The van der Waals surface area contributed by atoms with Crippen LogP contribution in [-0.2, 0) is 26.2 Å². The Labute approximate surface area is 230 Å². The lowest BCUT2D eigenvalue weighted by Crippen LogP contribution is -2.53. The molecule has 0 fully saturated rings. The monoisotopic (exact) mass is 553 g/mol. The number of para-hydroxylation sites is 1. The van der Waals surface area contributed by atoms with Gasteiger partial charge < -0.3 is 10.2 Å². The number of halogens is 1. The van der Waals surface area contributed by atoms with Gasteiger partial charge in [0.2, 0.25) is 11.8 Å². The lowest BCUT2D eigenvalue weighted by molar-refractivity contribution is -0.140. The SMILES string of the molecule is CC[C@H](C(=O)NC(C)C)N(Cc1ccccc1C)C(=O)CN(c1ccccc1F)S(=O)(=O)c1ccc(C)cc1. The van der Waals surface area contributed by atoms with Crippen LogP contribution >= 0.6 is 0 Å². The minimum absolute atomic E-state index is 0.0702. The molecule has 0 aliphatic carbocycles.